The van der Waals surface area contributed by atoms with E-state index in [-0.39, 0.29) is 21.0 Å². The number of nitrogens with two attached hydrogens (primary N) is 1. The number of carbonyl (C=O) groups is 1. The number of thiophene rings is 1. The molecule has 0 aliphatic heterocycles. The number of hydrogen-bond acceptors (Lipinski definition) is 4. The molecule has 4 rings (SSSR count). The van der Waals surface area contributed by atoms with Gasteiger partial charge >= 0.3 is 6.18 Å². The molecule has 0 radical (unpaired) electrons. The van der Waals surface area contributed by atoms with E-state index in [1.54, 1.807) is 24.3 Å². The Morgan fingerprint density at radius 1 is 1.11 bits per heavy atom. The van der Waals surface area contributed by atoms with Crippen molar-refractivity contribution < 1.29 is 18.0 Å². The van der Waals surface area contributed by atoms with Crippen LogP contribution in [-0.2, 0) is 19.0 Å². The predicted octanol–water partition coefficient (Wildman–Crippen LogP) is 5.03. The average molecular weight is 391 g/mol. The van der Waals surface area contributed by atoms with Crippen LogP contribution >= 0.6 is 11.3 Å². The zero-order valence-corrected chi connectivity index (χ0v) is 15.0. The summed E-state index contributed by atoms with van der Waals surface area (Å²) in [6.45, 7) is 0. The van der Waals surface area contributed by atoms with E-state index >= 15 is 0 Å². The van der Waals surface area contributed by atoms with E-state index in [1.165, 1.54) is 0 Å². The van der Waals surface area contributed by atoms with Gasteiger partial charge in [-0.05, 0) is 48.9 Å². The molecule has 8 heteroatoms. The van der Waals surface area contributed by atoms with Gasteiger partial charge in [-0.25, -0.2) is 4.98 Å². The zero-order valence-electron chi connectivity index (χ0n) is 14.2. The highest BCUT2D eigenvalue weighted by atomic mass is 32.1. The normalized spacial score (nSPS) is 14.2. The van der Waals surface area contributed by atoms with Crippen molar-refractivity contribution in [3.8, 4) is 0 Å². The van der Waals surface area contributed by atoms with Gasteiger partial charge in [-0.3, -0.25) is 4.79 Å². The summed E-state index contributed by atoms with van der Waals surface area (Å²) in [5, 5.41) is 3.23. The lowest BCUT2D eigenvalue weighted by molar-refractivity contribution is -0.141. The van der Waals surface area contributed by atoms with Crippen LogP contribution in [0.25, 0.3) is 10.2 Å². The van der Waals surface area contributed by atoms with E-state index < -0.39 is 17.8 Å². The molecule has 2 heterocycles. The highest BCUT2D eigenvalue weighted by Crippen LogP contribution is 2.43. The fourth-order valence-corrected chi connectivity index (χ4v) is 4.55. The number of alkyl halides is 3. The fraction of sp³-hybridized carbons (Fsp3) is 0.263. The number of hydrogen-bond donors (Lipinski definition) is 2. The number of fused-ring (bicyclic) bond motifs is 3. The first-order valence-corrected chi connectivity index (χ1v) is 9.35. The Morgan fingerprint density at radius 3 is 2.44 bits per heavy atom. The molecule has 4 nitrogen and oxygen atoms in total. The van der Waals surface area contributed by atoms with Crippen molar-refractivity contribution in [1.82, 2.24) is 4.98 Å². The maximum atomic E-state index is 13.5. The highest BCUT2D eigenvalue weighted by Gasteiger charge is 2.38. The molecule has 0 bridgehead atoms. The summed E-state index contributed by atoms with van der Waals surface area (Å²) in [7, 11) is 0. The average Bonchev–Trinajstić information content (AvgIpc) is 2.98. The summed E-state index contributed by atoms with van der Waals surface area (Å²) < 4.78 is 40.5. The summed E-state index contributed by atoms with van der Waals surface area (Å²) in [5.74, 6) is -0.445. The SMILES string of the molecule is Nc1c(C(=O)Nc2ccccc2)sc2nc(C(F)(F)F)c3c(c12)CCCC3. The third-order valence-corrected chi connectivity index (χ3v) is 5.80. The number of nitrogens with zero attached hydrogens (tertiary/aromatic N) is 1. The Bertz CT molecular complexity index is 1030. The van der Waals surface area contributed by atoms with Crippen molar-refractivity contribution >= 4 is 38.8 Å². The second-order valence-electron chi connectivity index (χ2n) is 6.47. The number of carbonyl (C=O) groups excluding carboxylic acids is 1. The standard InChI is InChI=1S/C19H16F3N3OS/c20-19(21,22)16-12-9-5-4-8-11(12)13-14(23)15(27-18(13)25-16)17(26)24-10-6-2-1-3-7-10/h1-3,6-7H,4-5,8-9,23H2,(H,24,26). The van der Waals surface area contributed by atoms with Crippen molar-refractivity contribution in [2.24, 2.45) is 0 Å². The minimum absolute atomic E-state index is 0.165. The highest BCUT2D eigenvalue weighted by molar-refractivity contribution is 7.21. The number of amides is 1. The van der Waals surface area contributed by atoms with Crippen LogP contribution in [0.4, 0.5) is 24.5 Å². The molecule has 1 amide bonds. The van der Waals surface area contributed by atoms with E-state index in [1.807, 2.05) is 6.07 Å². The maximum absolute atomic E-state index is 13.5. The van der Waals surface area contributed by atoms with Gasteiger partial charge in [-0.1, -0.05) is 18.2 Å². The van der Waals surface area contributed by atoms with Gasteiger partial charge in [0.2, 0.25) is 0 Å². The lowest BCUT2D eigenvalue weighted by Crippen LogP contribution is -2.17. The second-order valence-corrected chi connectivity index (χ2v) is 7.47. The van der Waals surface area contributed by atoms with E-state index in [0.29, 0.717) is 35.9 Å². The molecule has 1 aromatic carbocycles. The number of anilines is 2. The van der Waals surface area contributed by atoms with E-state index in [2.05, 4.69) is 10.3 Å². The van der Waals surface area contributed by atoms with Crippen LogP contribution in [0.5, 0.6) is 0 Å². The van der Waals surface area contributed by atoms with E-state index in [4.69, 9.17) is 5.73 Å². The van der Waals surface area contributed by atoms with Gasteiger partial charge < -0.3 is 11.1 Å². The van der Waals surface area contributed by atoms with Crippen molar-refractivity contribution in [2.75, 3.05) is 11.1 Å². The van der Waals surface area contributed by atoms with Gasteiger partial charge in [0.05, 0.1) is 5.69 Å². The molecule has 0 saturated heterocycles. The van der Waals surface area contributed by atoms with Crippen LogP contribution in [0, 0.1) is 0 Å². The molecule has 0 atom stereocenters. The number of halogens is 3. The van der Waals surface area contributed by atoms with Crippen LogP contribution in [0.1, 0.15) is 39.3 Å². The van der Waals surface area contributed by atoms with Crippen LogP contribution < -0.4 is 11.1 Å². The molecule has 1 aliphatic rings. The molecular formula is C19H16F3N3OS. The largest absolute Gasteiger partial charge is 0.433 e. The lowest BCUT2D eigenvalue weighted by atomic mass is 9.88. The first-order valence-electron chi connectivity index (χ1n) is 8.53. The quantitative estimate of drug-likeness (QED) is 0.644. The third kappa shape index (κ3) is 3.14. The summed E-state index contributed by atoms with van der Waals surface area (Å²) in [4.78, 5) is 16.8. The first kappa shape index (κ1) is 17.8. The first-order chi connectivity index (χ1) is 12.9. The number of aromatic nitrogens is 1. The number of nitrogen functional groups attached to an aromatic ring is 1. The topological polar surface area (TPSA) is 68.0 Å². The number of pyridine rings is 1. The zero-order chi connectivity index (χ0) is 19.2. The van der Waals surface area contributed by atoms with E-state index in [0.717, 1.165) is 17.8 Å². The smallest absolute Gasteiger partial charge is 0.397 e. The number of benzene rings is 1. The summed E-state index contributed by atoms with van der Waals surface area (Å²) in [6, 6.07) is 8.82. The molecule has 0 saturated carbocycles. The van der Waals surface area contributed by atoms with Crippen molar-refractivity contribution in [3.05, 3.63) is 52.0 Å². The number of rotatable bonds is 2. The van der Waals surface area contributed by atoms with Crippen molar-refractivity contribution in [3.63, 3.8) is 0 Å². The monoisotopic (exact) mass is 391 g/mol. The Balaban J connectivity index is 1.85. The molecule has 0 fully saturated rings. The minimum atomic E-state index is -4.53. The molecule has 140 valence electrons. The van der Waals surface area contributed by atoms with Gasteiger partial charge in [0, 0.05) is 11.1 Å². The number of nitrogens with one attached hydrogen (secondary N) is 1. The molecule has 27 heavy (non-hydrogen) atoms. The van der Waals surface area contributed by atoms with Crippen LogP contribution in [0.3, 0.4) is 0 Å². The van der Waals surface area contributed by atoms with Crippen LogP contribution in [-0.4, -0.2) is 10.9 Å². The number of aryl methyl sites for hydroxylation is 1. The van der Waals surface area contributed by atoms with Crippen molar-refractivity contribution in [1.29, 1.82) is 0 Å². The Labute approximate surface area is 157 Å². The van der Waals surface area contributed by atoms with Gasteiger partial charge in [-0.15, -0.1) is 11.3 Å². The Hall–Kier alpha value is -2.61. The molecule has 3 aromatic rings. The van der Waals surface area contributed by atoms with Gasteiger partial charge in [0.15, 0.2) is 0 Å². The second kappa shape index (κ2) is 6.53. The molecule has 2 aromatic heterocycles. The molecule has 3 N–H and O–H groups in total. The molecule has 0 unspecified atom stereocenters. The summed E-state index contributed by atoms with van der Waals surface area (Å²) in [5.41, 5.74) is 6.97. The van der Waals surface area contributed by atoms with Gasteiger partial charge in [0.1, 0.15) is 15.4 Å². The molecule has 0 spiro atoms. The Morgan fingerprint density at radius 2 is 1.78 bits per heavy atom. The van der Waals surface area contributed by atoms with Gasteiger partial charge in [0.25, 0.3) is 5.91 Å². The lowest BCUT2D eigenvalue weighted by Gasteiger charge is -2.21. The summed E-state index contributed by atoms with van der Waals surface area (Å²) >= 11 is 0.906. The van der Waals surface area contributed by atoms with E-state index in [9.17, 15) is 18.0 Å². The maximum Gasteiger partial charge on any atom is 0.433 e. The van der Waals surface area contributed by atoms with Crippen molar-refractivity contribution in [2.45, 2.75) is 31.9 Å². The molecule has 1 aliphatic carbocycles. The predicted molar refractivity (Wildman–Crippen MR) is 100 cm³/mol. The summed E-state index contributed by atoms with van der Waals surface area (Å²) in [6.07, 6.45) is -2.20. The van der Waals surface area contributed by atoms with Gasteiger partial charge in [-0.2, -0.15) is 13.2 Å². The minimum Gasteiger partial charge on any atom is -0.397 e. The molecular weight excluding hydrogens is 375 g/mol. The van der Waals surface area contributed by atoms with Crippen LogP contribution in [0.15, 0.2) is 30.3 Å². The Kier molecular flexibility index (Phi) is 4.30. The third-order valence-electron chi connectivity index (χ3n) is 4.70. The fourth-order valence-electron chi connectivity index (χ4n) is 3.53. The number of para-hydroxylation sites is 1. The van der Waals surface area contributed by atoms with Crippen LogP contribution in [0.2, 0.25) is 0 Å².